The number of ether oxygens (including phenoxy) is 2. The second-order valence-electron chi connectivity index (χ2n) is 4.05. The summed E-state index contributed by atoms with van der Waals surface area (Å²) in [4.78, 5) is 4.37. The maximum absolute atomic E-state index is 5.24. The summed E-state index contributed by atoms with van der Waals surface area (Å²) in [6, 6.07) is 14.2. The average molecular weight is 243 g/mol. The summed E-state index contributed by atoms with van der Waals surface area (Å²) in [7, 11) is 3.26. The van der Waals surface area contributed by atoms with E-state index in [4.69, 9.17) is 9.47 Å². The van der Waals surface area contributed by atoms with Gasteiger partial charge in [-0.1, -0.05) is 30.3 Å². The normalized spacial score (nSPS) is 10.8. The summed E-state index contributed by atoms with van der Waals surface area (Å²) in [5, 5.41) is 0. The van der Waals surface area contributed by atoms with Crippen molar-refractivity contribution in [1.82, 2.24) is 4.98 Å². The minimum Gasteiger partial charge on any atom is -0.352 e. The second-order valence-corrected chi connectivity index (χ2v) is 4.05. The third-order valence-corrected chi connectivity index (χ3v) is 2.77. The molecule has 0 unspecified atom stereocenters. The number of rotatable bonds is 5. The van der Waals surface area contributed by atoms with Gasteiger partial charge < -0.3 is 9.47 Å². The maximum atomic E-state index is 5.24. The van der Waals surface area contributed by atoms with E-state index in [0.717, 1.165) is 17.7 Å². The van der Waals surface area contributed by atoms with Gasteiger partial charge in [-0.25, -0.2) is 0 Å². The number of nitrogens with zero attached hydrogens (tertiary/aromatic N) is 1. The summed E-state index contributed by atoms with van der Waals surface area (Å²) in [5.41, 5.74) is 3.24. The van der Waals surface area contributed by atoms with Crippen LogP contribution in [0.25, 0.3) is 0 Å². The average Bonchev–Trinajstić information content (AvgIpc) is 2.42. The zero-order chi connectivity index (χ0) is 12.8. The first-order valence-corrected chi connectivity index (χ1v) is 5.88. The van der Waals surface area contributed by atoms with Crippen LogP contribution in [-0.4, -0.2) is 19.2 Å². The second kappa shape index (κ2) is 6.28. The van der Waals surface area contributed by atoms with Gasteiger partial charge in [0.25, 0.3) is 0 Å². The Morgan fingerprint density at radius 3 is 2.44 bits per heavy atom. The number of aromatic nitrogens is 1. The Morgan fingerprint density at radius 2 is 1.78 bits per heavy atom. The lowest BCUT2D eigenvalue weighted by atomic mass is 10.1. The van der Waals surface area contributed by atoms with Gasteiger partial charge in [0.05, 0.1) is 0 Å². The van der Waals surface area contributed by atoms with Gasteiger partial charge in [-0.3, -0.25) is 4.98 Å². The molecule has 0 aliphatic carbocycles. The molecule has 0 fully saturated rings. The van der Waals surface area contributed by atoms with Crippen LogP contribution in [0, 0.1) is 0 Å². The highest BCUT2D eigenvalue weighted by molar-refractivity contribution is 5.25. The molecule has 1 heterocycles. The van der Waals surface area contributed by atoms with Gasteiger partial charge in [-0.05, 0) is 17.7 Å². The molecule has 94 valence electrons. The molecule has 18 heavy (non-hydrogen) atoms. The molecule has 2 rings (SSSR count). The fraction of sp³-hybridized carbons (Fsp3) is 0.267. The van der Waals surface area contributed by atoms with E-state index < -0.39 is 0 Å². The van der Waals surface area contributed by atoms with Gasteiger partial charge in [0.15, 0.2) is 6.29 Å². The number of pyridine rings is 1. The lowest BCUT2D eigenvalue weighted by Crippen LogP contribution is -2.05. The van der Waals surface area contributed by atoms with Crippen molar-refractivity contribution < 1.29 is 9.47 Å². The van der Waals surface area contributed by atoms with Crippen LogP contribution in [0.2, 0.25) is 0 Å². The monoisotopic (exact) mass is 243 g/mol. The third-order valence-electron chi connectivity index (χ3n) is 2.77. The molecule has 0 atom stereocenters. The lowest BCUT2D eigenvalue weighted by molar-refractivity contribution is -0.106. The first-order chi connectivity index (χ1) is 8.83. The third kappa shape index (κ3) is 3.15. The van der Waals surface area contributed by atoms with Crippen LogP contribution in [-0.2, 0) is 15.9 Å². The molecular formula is C15H17NO2. The standard InChI is InChI=1S/C15H17NO2/c1-17-15(18-2)13-8-9-16-14(11-13)10-12-6-4-3-5-7-12/h3-9,11,15H,10H2,1-2H3. The maximum Gasteiger partial charge on any atom is 0.183 e. The fourth-order valence-electron chi connectivity index (χ4n) is 1.91. The van der Waals surface area contributed by atoms with Crippen molar-refractivity contribution >= 4 is 0 Å². The largest absolute Gasteiger partial charge is 0.352 e. The van der Waals surface area contributed by atoms with Crippen LogP contribution in [0.4, 0.5) is 0 Å². The van der Waals surface area contributed by atoms with Gasteiger partial charge in [-0.2, -0.15) is 0 Å². The van der Waals surface area contributed by atoms with Crippen molar-refractivity contribution in [3.05, 3.63) is 65.5 Å². The first-order valence-electron chi connectivity index (χ1n) is 5.88. The number of benzene rings is 1. The van der Waals surface area contributed by atoms with Crippen LogP contribution in [0.5, 0.6) is 0 Å². The summed E-state index contributed by atoms with van der Waals surface area (Å²) < 4.78 is 10.5. The number of methoxy groups -OCH3 is 2. The van der Waals surface area contributed by atoms with Crippen LogP contribution in [0.15, 0.2) is 48.7 Å². The van der Waals surface area contributed by atoms with Gasteiger partial charge in [0, 0.05) is 38.1 Å². The first kappa shape index (κ1) is 12.7. The van der Waals surface area contributed by atoms with Crippen molar-refractivity contribution in [2.75, 3.05) is 14.2 Å². The van der Waals surface area contributed by atoms with E-state index in [9.17, 15) is 0 Å². The highest BCUT2D eigenvalue weighted by Crippen LogP contribution is 2.18. The molecule has 0 radical (unpaired) electrons. The molecule has 1 aromatic heterocycles. The zero-order valence-corrected chi connectivity index (χ0v) is 10.7. The smallest absolute Gasteiger partial charge is 0.183 e. The van der Waals surface area contributed by atoms with E-state index >= 15 is 0 Å². The molecule has 0 N–H and O–H groups in total. The van der Waals surface area contributed by atoms with Gasteiger partial charge in [0.1, 0.15) is 0 Å². The van der Waals surface area contributed by atoms with E-state index in [1.807, 2.05) is 30.3 Å². The molecule has 0 aliphatic heterocycles. The summed E-state index contributed by atoms with van der Waals surface area (Å²) in [5.74, 6) is 0. The predicted molar refractivity (Wildman–Crippen MR) is 70.2 cm³/mol. The summed E-state index contributed by atoms with van der Waals surface area (Å²) in [6.07, 6.45) is 2.27. The van der Waals surface area contributed by atoms with Crippen molar-refractivity contribution in [1.29, 1.82) is 0 Å². The molecule has 0 aliphatic rings. The Kier molecular flexibility index (Phi) is 4.45. The van der Waals surface area contributed by atoms with Crippen molar-refractivity contribution in [3.8, 4) is 0 Å². The zero-order valence-electron chi connectivity index (χ0n) is 10.7. The minimum atomic E-state index is -0.331. The van der Waals surface area contributed by atoms with Crippen LogP contribution in [0.1, 0.15) is 23.1 Å². The lowest BCUT2D eigenvalue weighted by Gasteiger charge is -2.14. The Labute approximate surface area is 107 Å². The van der Waals surface area contributed by atoms with E-state index in [-0.39, 0.29) is 6.29 Å². The molecule has 1 aromatic carbocycles. The van der Waals surface area contributed by atoms with Crippen molar-refractivity contribution in [2.45, 2.75) is 12.7 Å². The predicted octanol–water partition coefficient (Wildman–Crippen LogP) is 2.96. The quantitative estimate of drug-likeness (QED) is 0.756. The number of hydrogen-bond donors (Lipinski definition) is 0. The molecule has 3 heteroatoms. The molecule has 0 spiro atoms. The van der Waals surface area contributed by atoms with E-state index in [1.54, 1.807) is 20.4 Å². The van der Waals surface area contributed by atoms with Crippen LogP contribution in [0.3, 0.4) is 0 Å². The van der Waals surface area contributed by atoms with Gasteiger partial charge in [-0.15, -0.1) is 0 Å². The van der Waals surface area contributed by atoms with E-state index in [1.165, 1.54) is 5.56 Å². The van der Waals surface area contributed by atoms with Crippen LogP contribution < -0.4 is 0 Å². The minimum absolute atomic E-state index is 0.331. The van der Waals surface area contributed by atoms with Gasteiger partial charge in [0.2, 0.25) is 0 Å². The fourth-order valence-corrected chi connectivity index (χ4v) is 1.91. The molecule has 3 nitrogen and oxygen atoms in total. The SMILES string of the molecule is COC(OC)c1ccnc(Cc2ccccc2)c1. The van der Waals surface area contributed by atoms with Crippen molar-refractivity contribution in [2.24, 2.45) is 0 Å². The Hall–Kier alpha value is -1.71. The molecule has 0 amide bonds. The molecule has 0 bridgehead atoms. The van der Waals surface area contributed by atoms with Crippen LogP contribution >= 0.6 is 0 Å². The topological polar surface area (TPSA) is 31.4 Å². The Morgan fingerprint density at radius 1 is 1.06 bits per heavy atom. The molecule has 0 saturated carbocycles. The Balaban J connectivity index is 2.17. The summed E-state index contributed by atoms with van der Waals surface area (Å²) >= 11 is 0. The van der Waals surface area contributed by atoms with E-state index in [0.29, 0.717) is 0 Å². The van der Waals surface area contributed by atoms with Crippen molar-refractivity contribution in [3.63, 3.8) is 0 Å². The Bertz CT molecular complexity index is 481. The van der Waals surface area contributed by atoms with Gasteiger partial charge >= 0.3 is 0 Å². The molecule has 2 aromatic rings. The highest BCUT2D eigenvalue weighted by atomic mass is 16.7. The number of hydrogen-bond acceptors (Lipinski definition) is 3. The van der Waals surface area contributed by atoms with E-state index in [2.05, 4.69) is 17.1 Å². The summed E-state index contributed by atoms with van der Waals surface area (Å²) in [6.45, 7) is 0. The highest BCUT2D eigenvalue weighted by Gasteiger charge is 2.09. The molecular weight excluding hydrogens is 226 g/mol. The molecule has 0 saturated heterocycles.